The van der Waals surface area contributed by atoms with E-state index in [1.165, 1.54) is 52.9 Å². The van der Waals surface area contributed by atoms with Gasteiger partial charge in [0.05, 0.1) is 44.0 Å². The molecule has 8 nitrogen and oxygen atoms in total. The van der Waals surface area contributed by atoms with Crippen molar-refractivity contribution in [3.63, 3.8) is 0 Å². The largest absolute Gasteiger partial charge is 0.493 e. The van der Waals surface area contributed by atoms with Crippen LogP contribution in [0.4, 0.5) is 0 Å². The first-order chi connectivity index (χ1) is 12.9. The lowest BCUT2D eigenvalue weighted by Crippen LogP contribution is -2.18. The van der Waals surface area contributed by atoms with Gasteiger partial charge in [0.25, 0.3) is 10.0 Å². The molecule has 0 saturated heterocycles. The zero-order valence-corrected chi connectivity index (χ0v) is 17.5. The molecule has 10 heteroatoms. The molecule has 0 aliphatic rings. The zero-order valence-electron chi connectivity index (χ0n) is 15.1. The van der Waals surface area contributed by atoms with Gasteiger partial charge in [-0.15, -0.1) is 0 Å². The number of hydrogen-bond acceptors (Lipinski definition) is 7. The van der Waals surface area contributed by atoms with Crippen LogP contribution in [0, 0.1) is 0 Å². The van der Waals surface area contributed by atoms with Crippen LogP contribution in [0.3, 0.4) is 0 Å². The Bertz CT molecular complexity index is 947. The highest BCUT2D eigenvalue weighted by atomic mass is 79.9. The SMILES string of the molecule is COc1ccc(S(=O)(=O)N/N=C\c2cc(Br)c(OC)c(OC)c2)cc1OC. The molecule has 2 aromatic carbocycles. The lowest BCUT2D eigenvalue weighted by atomic mass is 10.2. The van der Waals surface area contributed by atoms with Crippen LogP contribution in [0.5, 0.6) is 23.0 Å². The van der Waals surface area contributed by atoms with E-state index in [0.29, 0.717) is 33.0 Å². The third-order valence-electron chi connectivity index (χ3n) is 3.51. The van der Waals surface area contributed by atoms with Gasteiger partial charge in [-0.3, -0.25) is 0 Å². The van der Waals surface area contributed by atoms with Crippen LogP contribution in [0.15, 0.2) is 44.8 Å². The van der Waals surface area contributed by atoms with Crippen molar-refractivity contribution in [2.75, 3.05) is 28.4 Å². The molecule has 0 aromatic heterocycles. The number of ether oxygens (including phenoxy) is 4. The minimum Gasteiger partial charge on any atom is -0.493 e. The van der Waals surface area contributed by atoms with Crippen LogP contribution in [0.2, 0.25) is 0 Å². The lowest BCUT2D eigenvalue weighted by Gasteiger charge is -2.10. The van der Waals surface area contributed by atoms with E-state index in [0.717, 1.165) is 0 Å². The maximum atomic E-state index is 12.4. The number of sulfonamides is 1. The fourth-order valence-corrected chi connectivity index (χ4v) is 3.65. The van der Waals surface area contributed by atoms with Gasteiger partial charge < -0.3 is 18.9 Å². The average molecular weight is 459 g/mol. The first kappa shape index (κ1) is 20.8. The Morgan fingerprint density at radius 2 is 1.59 bits per heavy atom. The minimum absolute atomic E-state index is 0.00853. The predicted octanol–water partition coefficient (Wildman–Crippen LogP) is 2.80. The van der Waals surface area contributed by atoms with E-state index in [1.54, 1.807) is 12.1 Å². The molecule has 0 unspecified atom stereocenters. The van der Waals surface area contributed by atoms with Crippen molar-refractivity contribution in [1.82, 2.24) is 4.83 Å². The Labute approximate surface area is 166 Å². The lowest BCUT2D eigenvalue weighted by molar-refractivity contribution is 0.353. The van der Waals surface area contributed by atoms with Crippen molar-refractivity contribution >= 4 is 32.2 Å². The summed E-state index contributed by atoms with van der Waals surface area (Å²) in [7, 11) is 2.04. The molecule has 0 amide bonds. The van der Waals surface area contributed by atoms with Crippen LogP contribution in [-0.2, 0) is 10.0 Å². The van der Waals surface area contributed by atoms with Crippen molar-refractivity contribution in [1.29, 1.82) is 0 Å². The molecule has 0 atom stereocenters. The van der Waals surface area contributed by atoms with Crippen LogP contribution in [-0.4, -0.2) is 43.1 Å². The second-order valence-corrected chi connectivity index (χ2v) is 7.62. The third-order valence-corrected chi connectivity index (χ3v) is 5.32. The topological polar surface area (TPSA) is 95.5 Å². The molecule has 0 fully saturated rings. The van der Waals surface area contributed by atoms with E-state index in [1.807, 2.05) is 0 Å². The number of nitrogens with zero attached hydrogens (tertiary/aromatic N) is 1. The highest BCUT2D eigenvalue weighted by Crippen LogP contribution is 2.35. The van der Waals surface area contributed by atoms with Gasteiger partial charge in [-0.1, -0.05) is 0 Å². The molecular weight excluding hydrogens is 440 g/mol. The summed E-state index contributed by atoms with van der Waals surface area (Å²) >= 11 is 3.37. The Hall–Kier alpha value is -2.46. The number of rotatable bonds is 8. The van der Waals surface area contributed by atoms with Gasteiger partial charge in [0.1, 0.15) is 0 Å². The average Bonchev–Trinajstić information content (AvgIpc) is 2.66. The van der Waals surface area contributed by atoms with Gasteiger partial charge in [0, 0.05) is 6.07 Å². The molecule has 2 aromatic rings. The standard InChI is InChI=1S/C17H19BrN2O6S/c1-23-14-6-5-12(9-15(14)24-2)27(21,22)20-19-10-11-7-13(18)17(26-4)16(8-11)25-3/h5-10,20H,1-4H3/b19-10-. The van der Waals surface area contributed by atoms with E-state index in [4.69, 9.17) is 18.9 Å². The first-order valence-electron chi connectivity index (χ1n) is 7.54. The van der Waals surface area contributed by atoms with Gasteiger partial charge >= 0.3 is 0 Å². The van der Waals surface area contributed by atoms with Crippen molar-refractivity contribution in [3.05, 3.63) is 40.4 Å². The monoisotopic (exact) mass is 458 g/mol. The van der Waals surface area contributed by atoms with E-state index in [-0.39, 0.29) is 4.90 Å². The van der Waals surface area contributed by atoms with E-state index in [2.05, 4.69) is 25.9 Å². The molecule has 27 heavy (non-hydrogen) atoms. The maximum Gasteiger partial charge on any atom is 0.276 e. The smallest absolute Gasteiger partial charge is 0.276 e. The Morgan fingerprint density at radius 3 is 2.19 bits per heavy atom. The van der Waals surface area contributed by atoms with Crippen molar-refractivity contribution in [3.8, 4) is 23.0 Å². The molecule has 0 heterocycles. The zero-order chi connectivity index (χ0) is 20.0. The number of nitrogens with one attached hydrogen (secondary N) is 1. The van der Waals surface area contributed by atoms with Crippen molar-refractivity contribution in [2.24, 2.45) is 5.10 Å². The molecule has 0 bridgehead atoms. The fourth-order valence-electron chi connectivity index (χ4n) is 2.22. The highest BCUT2D eigenvalue weighted by Gasteiger charge is 2.16. The third kappa shape index (κ3) is 4.83. The van der Waals surface area contributed by atoms with Crippen LogP contribution in [0.25, 0.3) is 0 Å². The summed E-state index contributed by atoms with van der Waals surface area (Å²) in [6.07, 6.45) is 1.35. The predicted molar refractivity (Wildman–Crippen MR) is 105 cm³/mol. The number of methoxy groups -OCH3 is 4. The normalized spacial score (nSPS) is 11.3. The van der Waals surface area contributed by atoms with Crippen molar-refractivity contribution in [2.45, 2.75) is 4.90 Å². The number of benzene rings is 2. The van der Waals surface area contributed by atoms with E-state index >= 15 is 0 Å². The second-order valence-electron chi connectivity index (χ2n) is 5.11. The van der Waals surface area contributed by atoms with Gasteiger partial charge in [-0.2, -0.15) is 13.5 Å². The van der Waals surface area contributed by atoms with Gasteiger partial charge in [0.2, 0.25) is 0 Å². The Morgan fingerprint density at radius 1 is 0.926 bits per heavy atom. The van der Waals surface area contributed by atoms with Crippen molar-refractivity contribution < 1.29 is 27.4 Å². The first-order valence-corrected chi connectivity index (χ1v) is 9.82. The minimum atomic E-state index is -3.88. The van der Waals surface area contributed by atoms with Gasteiger partial charge in [-0.25, -0.2) is 4.83 Å². The van der Waals surface area contributed by atoms with Crippen LogP contribution >= 0.6 is 15.9 Å². The summed E-state index contributed by atoms with van der Waals surface area (Å²) in [5.41, 5.74) is 0.606. The fraction of sp³-hybridized carbons (Fsp3) is 0.235. The van der Waals surface area contributed by atoms with Crippen LogP contribution in [0.1, 0.15) is 5.56 Å². The summed E-state index contributed by atoms with van der Waals surface area (Å²) in [4.78, 5) is 2.15. The molecule has 0 aliphatic heterocycles. The molecular formula is C17H19BrN2O6S. The number of hydrazone groups is 1. The van der Waals surface area contributed by atoms with Gasteiger partial charge in [0.15, 0.2) is 23.0 Å². The highest BCUT2D eigenvalue weighted by molar-refractivity contribution is 9.10. The number of halogens is 1. The quantitative estimate of drug-likeness (QED) is 0.482. The van der Waals surface area contributed by atoms with E-state index < -0.39 is 10.0 Å². The maximum absolute atomic E-state index is 12.4. The molecule has 0 radical (unpaired) electrons. The summed E-state index contributed by atoms with van der Waals surface area (Å²) in [5, 5.41) is 3.81. The molecule has 0 saturated carbocycles. The number of hydrogen-bond donors (Lipinski definition) is 1. The molecule has 0 spiro atoms. The Kier molecular flexibility index (Phi) is 6.92. The van der Waals surface area contributed by atoms with Crippen LogP contribution < -0.4 is 23.8 Å². The second kappa shape index (κ2) is 8.96. The summed E-state index contributed by atoms with van der Waals surface area (Å²) in [5.74, 6) is 1.74. The van der Waals surface area contributed by atoms with E-state index in [9.17, 15) is 8.42 Å². The summed E-state index contributed by atoms with van der Waals surface area (Å²) < 4.78 is 46.1. The molecule has 0 aliphatic carbocycles. The van der Waals surface area contributed by atoms with Gasteiger partial charge in [-0.05, 0) is 45.8 Å². The Balaban J connectivity index is 2.23. The summed E-state index contributed by atoms with van der Waals surface area (Å²) in [6, 6.07) is 7.63. The molecule has 2 rings (SSSR count). The molecule has 146 valence electrons. The molecule has 1 N–H and O–H groups in total. The summed E-state index contributed by atoms with van der Waals surface area (Å²) in [6.45, 7) is 0.